The Bertz CT molecular complexity index is 653. The second-order valence-corrected chi connectivity index (χ2v) is 5.37. The zero-order chi connectivity index (χ0) is 17.2. The van der Waals surface area contributed by atoms with E-state index < -0.39 is 5.97 Å². The van der Waals surface area contributed by atoms with Crippen LogP contribution in [-0.2, 0) is 11.2 Å². The molecule has 0 unspecified atom stereocenters. The first-order chi connectivity index (χ1) is 11.6. The van der Waals surface area contributed by atoms with Crippen molar-refractivity contribution < 1.29 is 19.4 Å². The number of aromatic carboxylic acids is 1. The second kappa shape index (κ2) is 9.35. The molecule has 0 saturated heterocycles. The van der Waals surface area contributed by atoms with Gasteiger partial charge in [0, 0.05) is 13.0 Å². The largest absolute Gasteiger partial charge is 0.494 e. The smallest absolute Gasteiger partial charge is 0.335 e. The summed E-state index contributed by atoms with van der Waals surface area (Å²) in [6.45, 7) is 1.04. The molecule has 0 fully saturated rings. The van der Waals surface area contributed by atoms with Crippen molar-refractivity contribution in [2.45, 2.75) is 19.3 Å². The Balaban J connectivity index is 1.58. The molecule has 0 aliphatic rings. The van der Waals surface area contributed by atoms with Crippen LogP contribution >= 0.6 is 0 Å². The van der Waals surface area contributed by atoms with Crippen molar-refractivity contribution in [2.75, 3.05) is 13.2 Å². The highest BCUT2D eigenvalue weighted by Crippen LogP contribution is 2.09. The van der Waals surface area contributed by atoms with Gasteiger partial charge in [-0.05, 0) is 42.7 Å². The molecule has 24 heavy (non-hydrogen) atoms. The number of ether oxygens (including phenoxy) is 1. The van der Waals surface area contributed by atoms with Crippen LogP contribution in [0.4, 0.5) is 0 Å². The SMILES string of the molecule is O=C(CCCOc1ccccc1)NCCc1ccc(C(=O)O)cc1. The molecule has 0 saturated carbocycles. The fourth-order valence-electron chi connectivity index (χ4n) is 2.19. The van der Waals surface area contributed by atoms with E-state index in [-0.39, 0.29) is 11.5 Å². The van der Waals surface area contributed by atoms with Gasteiger partial charge in [0.25, 0.3) is 0 Å². The van der Waals surface area contributed by atoms with Gasteiger partial charge in [0.2, 0.25) is 5.91 Å². The van der Waals surface area contributed by atoms with E-state index in [1.807, 2.05) is 30.3 Å². The maximum Gasteiger partial charge on any atom is 0.335 e. The van der Waals surface area contributed by atoms with Crippen molar-refractivity contribution in [3.05, 3.63) is 65.7 Å². The summed E-state index contributed by atoms with van der Waals surface area (Å²) < 4.78 is 5.53. The van der Waals surface area contributed by atoms with Crippen molar-refractivity contribution in [1.29, 1.82) is 0 Å². The van der Waals surface area contributed by atoms with Crippen LogP contribution in [0.5, 0.6) is 5.75 Å². The average Bonchev–Trinajstić information content (AvgIpc) is 2.60. The van der Waals surface area contributed by atoms with E-state index in [2.05, 4.69) is 5.32 Å². The third-order valence-electron chi connectivity index (χ3n) is 3.50. The molecule has 2 aromatic carbocycles. The van der Waals surface area contributed by atoms with Gasteiger partial charge in [0.05, 0.1) is 12.2 Å². The number of para-hydroxylation sites is 1. The van der Waals surface area contributed by atoms with E-state index >= 15 is 0 Å². The van der Waals surface area contributed by atoms with Gasteiger partial charge < -0.3 is 15.2 Å². The van der Waals surface area contributed by atoms with Crippen LogP contribution in [-0.4, -0.2) is 30.1 Å². The van der Waals surface area contributed by atoms with E-state index in [0.717, 1.165) is 11.3 Å². The lowest BCUT2D eigenvalue weighted by Gasteiger charge is -2.07. The predicted molar refractivity (Wildman–Crippen MR) is 91.3 cm³/mol. The molecule has 0 aliphatic heterocycles. The maximum absolute atomic E-state index is 11.7. The van der Waals surface area contributed by atoms with Crippen LogP contribution in [0, 0.1) is 0 Å². The molecule has 0 radical (unpaired) electrons. The number of amides is 1. The molecule has 0 spiro atoms. The third-order valence-corrected chi connectivity index (χ3v) is 3.50. The molecule has 0 aliphatic carbocycles. The van der Waals surface area contributed by atoms with E-state index in [0.29, 0.717) is 32.4 Å². The summed E-state index contributed by atoms with van der Waals surface area (Å²) in [4.78, 5) is 22.5. The summed E-state index contributed by atoms with van der Waals surface area (Å²) in [6.07, 6.45) is 1.75. The number of benzene rings is 2. The van der Waals surface area contributed by atoms with Gasteiger partial charge in [0.15, 0.2) is 0 Å². The van der Waals surface area contributed by atoms with Crippen molar-refractivity contribution in [2.24, 2.45) is 0 Å². The highest BCUT2D eigenvalue weighted by molar-refractivity contribution is 5.87. The molecule has 0 heterocycles. The summed E-state index contributed by atoms with van der Waals surface area (Å²) >= 11 is 0. The van der Waals surface area contributed by atoms with Gasteiger partial charge in [0.1, 0.15) is 5.75 Å². The molecule has 5 nitrogen and oxygen atoms in total. The molecule has 2 aromatic rings. The van der Waals surface area contributed by atoms with Crippen LogP contribution in [0.25, 0.3) is 0 Å². The highest BCUT2D eigenvalue weighted by atomic mass is 16.5. The minimum Gasteiger partial charge on any atom is -0.494 e. The van der Waals surface area contributed by atoms with Crippen molar-refractivity contribution in [1.82, 2.24) is 5.32 Å². The Labute approximate surface area is 141 Å². The van der Waals surface area contributed by atoms with E-state index in [4.69, 9.17) is 9.84 Å². The second-order valence-electron chi connectivity index (χ2n) is 5.37. The molecule has 2 N–H and O–H groups in total. The van der Waals surface area contributed by atoms with Gasteiger partial charge in [-0.1, -0.05) is 30.3 Å². The van der Waals surface area contributed by atoms with Crippen LogP contribution < -0.4 is 10.1 Å². The first kappa shape index (κ1) is 17.5. The standard InChI is InChI=1S/C19H21NO4/c21-18(7-4-14-24-17-5-2-1-3-6-17)20-13-12-15-8-10-16(11-9-15)19(22)23/h1-3,5-6,8-11H,4,7,12-14H2,(H,20,21)(H,22,23). The summed E-state index contributed by atoms with van der Waals surface area (Å²) in [5.41, 5.74) is 1.26. The summed E-state index contributed by atoms with van der Waals surface area (Å²) in [5, 5.41) is 11.7. The first-order valence-corrected chi connectivity index (χ1v) is 7.92. The predicted octanol–water partition coefficient (Wildman–Crippen LogP) is 2.90. The Kier molecular flexibility index (Phi) is 6.83. The van der Waals surface area contributed by atoms with Gasteiger partial charge >= 0.3 is 5.97 Å². The molecular weight excluding hydrogens is 306 g/mol. The lowest BCUT2D eigenvalue weighted by atomic mass is 10.1. The minimum atomic E-state index is -0.937. The van der Waals surface area contributed by atoms with E-state index in [1.165, 1.54) is 0 Å². The Morgan fingerprint density at radius 1 is 1.00 bits per heavy atom. The lowest BCUT2D eigenvalue weighted by molar-refractivity contribution is -0.121. The average molecular weight is 327 g/mol. The Hall–Kier alpha value is -2.82. The molecule has 126 valence electrons. The highest BCUT2D eigenvalue weighted by Gasteiger charge is 2.03. The van der Waals surface area contributed by atoms with E-state index in [9.17, 15) is 9.59 Å². The number of nitrogens with one attached hydrogen (secondary N) is 1. The Morgan fingerprint density at radius 3 is 2.38 bits per heavy atom. The molecule has 0 aromatic heterocycles. The van der Waals surface area contributed by atoms with Gasteiger partial charge in [-0.25, -0.2) is 4.79 Å². The number of carbonyl (C=O) groups excluding carboxylic acids is 1. The first-order valence-electron chi connectivity index (χ1n) is 7.92. The number of carbonyl (C=O) groups is 2. The minimum absolute atomic E-state index is 0.00572. The molecule has 1 amide bonds. The molecule has 5 heteroatoms. The topological polar surface area (TPSA) is 75.6 Å². The summed E-state index contributed by atoms with van der Waals surface area (Å²) in [5.74, 6) is -0.135. The van der Waals surface area contributed by atoms with Crippen LogP contribution in [0.1, 0.15) is 28.8 Å². The van der Waals surface area contributed by atoms with Crippen molar-refractivity contribution in [3.8, 4) is 5.75 Å². The number of carboxylic acids is 1. The third kappa shape index (κ3) is 6.12. The van der Waals surface area contributed by atoms with Crippen molar-refractivity contribution in [3.63, 3.8) is 0 Å². The molecule has 0 atom stereocenters. The van der Waals surface area contributed by atoms with E-state index in [1.54, 1.807) is 24.3 Å². The van der Waals surface area contributed by atoms with Gasteiger partial charge in [-0.15, -0.1) is 0 Å². The van der Waals surface area contributed by atoms with Crippen molar-refractivity contribution >= 4 is 11.9 Å². The quantitative estimate of drug-likeness (QED) is 0.694. The monoisotopic (exact) mass is 327 g/mol. The van der Waals surface area contributed by atoms with Gasteiger partial charge in [-0.3, -0.25) is 4.79 Å². The zero-order valence-electron chi connectivity index (χ0n) is 13.4. The molecular formula is C19H21NO4. The number of carboxylic acid groups (broad SMARTS) is 1. The van der Waals surface area contributed by atoms with Gasteiger partial charge in [-0.2, -0.15) is 0 Å². The Morgan fingerprint density at radius 2 is 1.71 bits per heavy atom. The normalized spacial score (nSPS) is 10.2. The zero-order valence-corrected chi connectivity index (χ0v) is 13.4. The van der Waals surface area contributed by atoms with Crippen LogP contribution in [0.2, 0.25) is 0 Å². The van der Waals surface area contributed by atoms with Crippen LogP contribution in [0.3, 0.4) is 0 Å². The fraction of sp³-hybridized carbons (Fsp3) is 0.263. The summed E-state index contributed by atoms with van der Waals surface area (Å²) in [6, 6.07) is 16.2. The number of hydrogen-bond acceptors (Lipinski definition) is 3. The maximum atomic E-state index is 11.7. The number of hydrogen-bond donors (Lipinski definition) is 2. The number of rotatable bonds is 9. The molecule has 2 rings (SSSR count). The summed E-state index contributed by atoms with van der Waals surface area (Å²) in [7, 11) is 0. The lowest BCUT2D eigenvalue weighted by Crippen LogP contribution is -2.25. The van der Waals surface area contributed by atoms with Crippen LogP contribution in [0.15, 0.2) is 54.6 Å². The fourth-order valence-corrected chi connectivity index (χ4v) is 2.19. The molecule has 0 bridgehead atoms.